The average Bonchev–Trinajstić information content (AvgIpc) is 2.33. The summed E-state index contributed by atoms with van der Waals surface area (Å²) in [4.78, 5) is 2.61. The average molecular weight is 231 g/mol. The Balaban J connectivity index is -0.000000306. The predicted molar refractivity (Wildman–Crippen MR) is 79.1 cm³/mol. The molecule has 0 unspecified atom stereocenters. The van der Waals surface area contributed by atoms with Gasteiger partial charge in [0.25, 0.3) is 0 Å². The van der Waals surface area contributed by atoms with E-state index in [0.29, 0.717) is 0 Å². The summed E-state index contributed by atoms with van der Waals surface area (Å²) >= 11 is 0. The van der Waals surface area contributed by atoms with Crippen molar-refractivity contribution < 1.29 is 0 Å². The second-order valence-corrected chi connectivity index (χ2v) is 4.74. The largest absolute Gasteiger partial charge is 0.298 e. The lowest BCUT2D eigenvalue weighted by molar-refractivity contribution is 0.209. The number of hydrogen-bond acceptors (Lipinski definition) is 1. The van der Waals surface area contributed by atoms with E-state index in [9.17, 15) is 0 Å². The normalized spacial score (nSPS) is 33.2. The Morgan fingerprint density at radius 2 is 1.00 bits per heavy atom. The van der Waals surface area contributed by atoms with Gasteiger partial charge in [-0.15, -0.1) is 0 Å². The van der Waals surface area contributed by atoms with Crippen molar-refractivity contribution in [2.45, 2.75) is 81.8 Å². The molecule has 16 heavy (non-hydrogen) atoms. The van der Waals surface area contributed by atoms with Crippen LogP contribution in [0.15, 0.2) is 0 Å². The van der Waals surface area contributed by atoms with E-state index in [1.165, 1.54) is 13.0 Å². The monoisotopic (exact) mass is 231 g/mol. The Hall–Kier alpha value is -0.0400. The van der Waals surface area contributed by atoms with Crippen LogP contribution in [0.3, 0.4) is 0 Å². The summed E-state index contributed by atoms with van der Waals surface area (Å²) in [7, 11) is 0. The fourth-order valence-corrected chi connectivity index (χ4v) is 2.43. The van der Waals surface area contributed by atoms with E-state index >= 15 is 0 Å². The van der Waals surface area contributed by atoms with Gasteiger partial charge in [-0.3, -0.25) is 4.90 Å². The van der Waals surface area contributed by atoms with Gasteiger partial charge in [-0.25, -0.2) is 0 Å². The summed E-state index contributed by atoms with van der Waals surface area (Å²) in [6.07, 6.45) is 1.25. The van der Waals surface area contributed by atoms with Crippen molar-refractivity contribution >= 4 is 0 Å². The third kappa shape index (κ3) is 4.86. The van der Waals surface area contributed by atoms with E-state index in [1.54, 1.807) is 0 Å². The maximum Gasteiger partial charge on any atom is 0.00984 e. The third-order valence-electron chi connectivity index (χ3n) is 3.76. The van der Waals surface area contributed by atoms with Crippen molar-refractivity contribution in [3.8, 4) is 0 Å². The molecule has 0 radical (unpaired) electrons. The molecule has 0 saturated carbocycles. The van der Waals surface area contributed by atoms with Crippen molar-refractivity contribution in [3.05, 3.63) is 0 Å². The van der Waals surface area contributed by atoms with E-state index in [4.69, 9.17) is 0 Å². The lowest BCUT2D eigenvalue weighted by Crippen LogP contribution is -2.34. The molecule has 0 aromatic rings. The van der Waals surface area contributed by atoms with Crippen LogP contribution in [0.5, 0.6) is 0 Å². The second kappa shape index (κ2) is 10.1. The van der Waals surface area contributed by atoms with Crippen molar-refractivity contribution in [2.75, 3.05) is 6.54 Å². The third-order valence-corrected chi connectivity index (χ3v) is 3.76. The van der Waals surface area contributed by atoms with E-state index in [1.807, 2.05) is 0 Å². The smallest absolute Gasteiger partial charge is 0.00984 e. The quantitative estimate of drug-likeness (QED) is 0.610. The second-order valence-electron chi connectivity index (χ2n) is 4.74. The molecule has 1 rings (SSSR count). The van der Waals surface area contributed by atoms with Crippen LogP contribution in [0.25, 0.3) is 0 Å². The lowest BCUT2D eigenvalue weighted by atomic mass is 9.92. The van der Waals surface area contributed by atoms with E-state index in [0.717, 1.165) is 23.9 Å². The first kappa shape index (κ1) is 21.3. The number of hydrogen-bond donors (Lipinski definition) is 0. The molecule has 1 saturated heterocycles. The van der Waals surface area contributed by atoms with Crippen LogP contribution in [0.2, 0.25) is 0 Å². The van der Waals surface area contributed by atoms with Crippen LogP contribution in [-0.2, 0) is 0 Å². The van der Waals surface area contributed by atoms with Gasteiger partial charge in [0.2, 0.25) is 0 Å². The molecule has 1 aliphatic rings. The van der Waals surface area contributed by atoms with Gasteiger partial charge in [-0.2, -0.15) is 0 Å². The molecule has 1 fully saturated rings. The summed E-state index contributed by atoms with van der Waals surface area (Å²) in [6, 6.07) is 1.56. The van der Waals surface area contributed by atoms with Crippen LogP contribution in [-0.4, -0.2) is 23.5 Å². The first-order valence-electron chi connectivity index (χ1n) is 6.26. The molecule has 0 amide bonds. The van der Waals surface area contributed by atoms with Crippen LogP contribution in [0.4, 0.5) is 0 Å². The van der Waals surface area contributed by atoms with Gasteiger partial charge in [-0.05, 0) is 32.2 Å². The number of rotatable bonds is 1. The van der Waals surface area contributed by atoms with Crippen LogP contribution in [0.1, 0.15) is 69.7 Å². The fourth-order valence-electron chi connectivity index (χ4n) is 2.43. The number of nitrogens with zero attached hydrogens (tertiary/aromatic N) is 1. The zero-order chi connectivity index (χ0) is 11.3. The minimum absolute atomic E-state index is 0. The zero-order valence-corrected chi connectivity index (χ0v) is 11.2. The van der Waals surface area contributed by atoms with Crippen LogP contribution in [0, 0.1) is 11.8 Å². The lowest BCUT2D eigenvalue weighted by Gasteiger charge is -2.25. The van der Waals surface area contributed by atoms with Gasteiger partial charge in [0.05, 0.1) is 0 Å². The summed E-state index contributed by atoms with van der Waals surface area (Å²) < 4.78 is 0. The van der Waals surface area contributed by atoms with Gasteiger partial charge in [0.15, 0.2) is 0 Å². The Labute approximate surface area is 106 Å². The van der Waals surface area contributed by atoms with Gasteiger partial charge in [-0.1, -0.05) is 55.9 Å². The Morgan fingerprint density at radius 3 is 1.12 bits per heavy atom. The first-order chi connectivity index (χ1) is 6.51. The Morgan fingerprint density at radius 1 is 0.750 bits per heavy atom. The van der Waals surface area contributed by atoms with Gasteiger partial charge < -0.3 is 0 Å². The highest BCUT2D eigenvalue weighted by atomic mass is 15.2. The molecule has 4 atom stereocenters. The van der Waals surface area contributed by atoms with Crippen molar-refractivity contribution in [1.82, 2.24) is 4.90 Å². The molecule has 0 aliphatic carbocycles. The van der Waals surface area contributed by atoms with Crippen molar-refractivity contribution in [3.63, 3.8) is 0 Å². The molecular weight excluding hydrogens is 194 g/mol. The molecule has 0 bridgehead atoms. The molecule has 1 heteroatoms. The van der Waals surface area contributed by atoms with Gasteiger partial charge in [0.1, 0.15) is 0 Å². The minimum Gasteiger partial charge on any atom is -0.298 e. The fraction of sp³-hybridized carbons (Fsp3) is 1.00. The topological polar surface area (TPSA) is 3.24 Å². The van der Waals surface area contributed by atoms with Crippen molar-refractivity contribution in [2.24, 2.45) is 11.8 Å². The van der Waals surface area contributed by atoms with E-state index in [2.05, 4.69) is 53.4 Å². The molecule has 102 valence electrons. The molecule has 1 heterocycles. The van der Waals surface area contributed by atoms with E-state index in [-0.39, 0.29) is 14.9 Å². The van der Waals surface area contributed by atoms with Crippen LogP contribution < -0.4 is 0 Å². The molecular formula is C15H37N. The number of likely N-dealkylation sites (tertiary alicyclic amines) is 1. The Bertz CT molecular complexity index is 130. The maximum atomic E-state index is 2.61. The molecule has 0 N–H and O–H groups in total. The molecule has 0 aromatic heterocycles. The predicted octanol–water partition coefficient (Wildman–Crippen LogP) is 5.06. The van der Waals surface area contributed by atoms with Gasteiger partial charge in [0, 0.05) is 12.1 Å². The maximum absolute atomic E-state index is 2.61. The highest BCUT2D eigenvalue weighted by Crippen LogP contribution is 2.33. The summed E-state index contributed by atoms with van der Waals surface area (Å²) in [6.45, 7) is 17.2. The van der Waals surface area contributed by atoms with Gasteiger partial charge >= 0.3 is 0 Å². The first-order valence-corrected chi connectivity index (χ1v) is 6.26. The highest BCUT2D eigenvalue weighted by molar-refractivity contribution is 4.91. The summed E-state index contributed by atoms with van der Waals surface area (Å²) in [5.41, 5.74) is 0. The molecule has 0 spiro atoms. The van der Waals surface area contributed by atoms with Crippen molar-refractivity contribution in [1.29, 1.82) is 0 Å². The van der Waals surface area contributed by atoms with E-state index < -0.39 is 0 Å². The van der Waals surface area contributed by atoms with Crippen LogP contribution >= 0.6 is 0 Å². The summed E-state index contributed by atoms with van der Waals surface area (Å²) in [5, 5.41) is 0. The standard InChI is InChI=1S/C10H21N.C3H8.2CH4/c1-6-11-9(4)7(2)8(3)10(11)5;1-3-2;;/h7-10H,6H2,1-5H3;3H2,1-2H3;2*1H4/t7-,8+,9-,10+;;;. The zero-order valence-electron chi connectivity index (χ0n) is 11.2. The minimum atomic E-state index is 0. The molecule has 1 aliphatic heterocycles. The molecule has 0 aromatic carbocycles. The molecule has 1 nitrogen and oxygen atoms in total. The highest BCUT2D eigenvalue weighted by Gasteiger charge is 2.37. The SMILES string of the molecule is C.C.CCC.CCN1[C@H](C)[C@H](C)[C@H](C)[C@@H]1C. The Kier molecular flexibility index (Phi) is 13.5. The summed E-state index contributed by atoms with van der Waals surface area (Å²) in [5.74, 6) is 1.73.